The standard InChI is InChI=1S/C17H21NO3/c1-5-12-10-14(19)15(17(2,3)18-12)16(20)11-6-8-13(21-4)9-7-11/h6-10,15,18H,5H2,1-4H3. The topological polar surface area (TPSA) is 55.4 Å². The van der Waals surface area contributed by atoms with Gasteiger partial charge in [0.2, 0.25) is 0 Å². The third-order valence-electron chi connectivity index (χ3n) is 3.82. The van der Waals surface area contributed by atoms with Crippen LogP contribution in [-0.4, -0.2) is 24.2 Å². The summed E-state index contributed by atoms with van der Waals surface area (Å²) >= 11 is 0. The molecule has 1 atom stereocenters. The van der Waals surface area contributed by atoms with Gasteiger partial charge < -0.3 is 10.1 Å². The molecule has 112 valence electrons. The zero-order valence-corrected chi connectivity index (χ0v) is 12.9. The Bertz CT molecular complexity index is 585. The predicted molar refractivity (Wildman–Crippen MR) is 81.4 cm³/mol. The van der Waals surface area contributed by atoms with E-state index < -0.39 is 11.5 Å². The highest BCUT2D eigenvalue weighted by Crippen LogP contribution is 2.29. The van der Waals surface area contributed by atoms with Crippen LogP contribution in [0, 0.1) is 5.92 Å². The smallest absolute Gasteiger partial charge is 0.176 e. The van der Waals surface area contributed by atoms with Gasteiger partial charge in [0.15, 0.2) is 11.6 Å². The normalized spacial score (nSPS) is 20.5. The molecule has 1 aliphatic heterocycles. The van der Waals surface area contributed by atoms with Crippen molar-refractivity contribution in [3.05, 3.63) is 41.6 Å². The summed E-state index contributed by atoms with van der Waals surface area (Å²) in [7, 11) is 1.57. The number of methoxy groups -OCH3 is 1. The second kappa shape index (κ2) is 5.72. The number of ether oxygens (including phenoxy) is 1. The summed E-state index contributed by atoms with van der Waals surface area (Å²) in [6.45, 7) is 5.76. The van der Waals surface area contributed by atoms with Gasteiger partial charge in [0, 0.05) is 22.9 Å². The molecular formula is C17H21NO3. The molecule has 1 aromatic rings. The van der Waals surface area contributed by atoms with Gasteiger partial charge in [-0.15, -0.1) is 0 Å². The van der Waals surface area contributed by atoms with E-state index in [0.29, 0.717) is 11.3 Å². The van der Waals surface area contributed by atoms with Gasteiger partial charge in [-0.3, -0.25) is 9.59 Å². The zero-order chi connectivity index (χ0) is 15.6. The first-order valence-electron chi connectivity index (χ1n) is 7.10. The molecule has 4 nitrogen and oxygen atoms in total. The summed E-state index contributed by atoms with van der Waals surface area (Å²) in [4.78, 5) is 25.0. The molecule has 2 rings (SSSR count). The quantitative estimate of drug-likeness (QED) is 0.683. The van der Waals surface area contributed by atoms with Gasteiger partial charge >= 0.3 is 0 Å². The summed E-state index contributed by atoms with van der Waals surface area (Å²) in [6, 6.07) is 6.86. The molecule has 0 bridgehead atoms. The first kappa shape index (κ1) is 15.3. The molecule has 0 fully saturated rings. The highest BCUT2D eigenvalue weighted by atomic mass is 16.5. The number of hydrogen-bond donors (Lipinski definition) is 1. The minimum Gasteiger partial charge on any atom is -0.497 e. The van der Waals surface area contributed by atoms with Crippen molar-refractivity contribution in [1.29, 1.82) is 0 Å². The maximum atomic E-state index is 12.7. The van der Waals surface area contributed by atoms with Gasteiger partial charge in [0.05, 0.1) is 7.11 Å². The largest absolute Gasteiger partial charge is 0.497 e. The molecule has 0 amide bonds. The van der Waals surface area contributed by atoms with E-state index >= 15 is 0 Å². The van der Waals surface area contributed by atoms with E-state index in [1.54, 1.807) is 37.5 Å². The molecule has 1 N–H and O–H groups in total. The molecule has 1 aromatic carbocycles. The van der Waals surface area contributed by atoms with Crippen LogP contribution in [0.2, 0.25) is 0 Å². The first-order valence-corrected chi connectivity index (χ1v) is 7.10. The highest BCUT2D eigenvalue weighted by Gasteiger charge is 2.42. The van der Waals surface area contributed by atoms with Crippen molar-refractivity contribution >= 4 is 11.6 Å². The number of rotatable bonds is 4. The van der Waals surface area contributed by atoms with Crippen molar-refractivity contribution in [2.75, 3.05) is 7.11 Å². The number of carbonyl (C=O) groups is 2. The SMILES string of the molecule is CCC1=CC(=O)C(C(=O)c2ccc(OC)cc2)C(C)(C)N1. The summed E-state index contributed by atoms with van der Waals surface area (Å²) in [5, 5.41) is 3.29. The fraction of sp³-hybridized carbons (Fsp3) is 0.412. The number of ketones is 2. The number of allylic oxidation sites excluding steroid dienone is 2. The Labute approximate surface area is 125 Å². The van der Waals surface area contributed by atoms with Crippen molar-refractivity contribution in [3.8, 4) is 5.75 Å². The highest BCUT2D eigenvalue weighted by molar-refractivity contribution is 6.15. The average molecular weight is 287 g/mol. The van der Waals surface area contributed by atoms with Crippen LogP contribution in [0.4, 0.5) is 0 Å². The monoisotopic (exact) mass is 287 g/mol. The van der Waals surface area contributed by atoms with Gasteiger partial charge in [-0.25, -0.2) is 0 Å². The number of hydrogen-bond acceptors (Lipinski definition) is 4. The maximum absolute atomic E-state index is 12.7. The molecule has 0 saturated heterocycles. The van der Waals surface area contributed by atoms with Gasteiger partial charge in [0.1, 0.15) is 11.7 Å². The fourth-order valence-electron chi connectivity index (χ4n) is 2.70. The Hall–Kier alpha value is -2.10. The van der Waals surface area contributed by atoms with E-state index in [1.807, 2.05) is 20.8 Å². The van der Waals surface area contributed by atoms with E-state index in [0.717, 1.165) is 12.1 Å². The fourth-order valence-corrected chi connectivity index (χ4v) is 2.70. The Morgan fingerprint density at radius 1 is 1.29 bits per heavy atom. The van der Waals surface area contributed by atoms with E-state index in [4.69, 9.17) is 4.74 Å². The van der Waals surface area contributed by atoms with Crippen LogP contribution in [0.1, 0.15) is 37.6 Å². The number of nitrogens with one attached hydrogen (secondary N) is 1. The van der Waals surface area contributed by atoms with Crippen LogP contribution in [0.5, 0.6) is 5.75 Å². The van der Waals surface area contributed by atoms with Gasteiger partial charge in [-0.2, -0.15) is 0 Å². The van der Waals surface area contributed by atoms with Crippen LogP contribution in [0.3, 0.4) is 0 Å². The second-order valence-corrected chi connectivity index (χ2v) is 5.80. The van der Waals surface area contributed by atoms with Crippen LogP contribution in [0.15, 0.2) is 36.0 Å². The van der Waals surface area contributed by atoms with Crippen LogP contribution >= 0.6 is 0 Å². The van der Waals surface area contributed by atoms with E-state index in [9.17, 15) is 9.59 Å². The van der Waals surface area contributed by atoms with Crippen molar-refractivity contribution in [2.45, 2.75) is 32.7 Å². The van der Waals surface area contributed by atoms with Crippen LogP contribution in [0.25, 0.3) is 0 Å². The van der Waals surface area contributed by atoms with Crippen LogP contribution < -0.4 is 10.1 Å². The predicted octanol–water partition coefficient (Wildman–Crippen LogP) is 2.74. The lowest BCUT2D eigenvalue weighted by molar-refractivity contribution is -0.119. The van der Waals surface area contributed by atoms with Gasteiger partial charge in [-0.1, -0.05) is 6.92 Å². The van der Waals surface area contributed by atoms with Gasteiger partial charge in [0.25, 0.3) is 0 Å². The van der Waals surface area contributed by atoms with Crippen molar-refractivity contribution in [2.24, 2.45) is 5.92 Å². The molecule has 0 spiro atoms. The van der Waals surface area contributed by atoms with E-state index in [2.05, 4.69) is 5.32 Å². The molecule has 1 heterocycles. The molecular weight excluding hydrogens is 266 g/mol. The first-order chi connectivity index (χ1) is 9.89. The molecule has 21 heavy (non-hydrogen) atoms. The molecule has 1 aliphatic rings. The second-order valence-electron chi connectivity index (χ2n) is 5.80. The van der Waals surface area contributed by atoms with Gasteiger partial charge in [-0.05, 0) is 44.5 Å². The number of benzene rings is 1. The maximum Gasteiger partial charge on any atom is 0.176 e. The minimum atomic E-state index is -0.707. The van der Waals surface area contributed by atoms with E-state index in [-0.39, 0.29) is 11.6 Å². The molecule has 0 aliphatic carbocycles. The third kappa shape index (κ3) is 2.99. The third-order valence-corrected chi connectivity index (χ3v) is 3.82. The summed E-state index contributed by atoms with van der Waals surface area (Å²) in [6.07, 6.45) is 2.30. The van der Waals surface area contributed by atoms with E-state index in [1.165, 1.54) is 0 Å². The Morgan fingerprint density at radius 2 is 1.90 bits per heavy atom. The summed E-state index contributed by atoms with van der Waals surface area (Å²) in [5.74, 6) is -0.309. The average Bonchev–Trinajstić information content (AvgIpc) is 2.45. The number of carbonyl (C=O) groups excluding carboxylic acids is 2. The Kier molecular flexibility index (Phi) is 4.16. The molecule has 0 saturated carbocycles. The molecule has 4 heteroatoms. The Balaban J connectivity index is 2.32. The van der Waals surface area contributed by atoms with Crippen molar-refractivity contribution < 1.29 is 14.3 Å². The lowest BCUT2D eigenvalue weighted by atomic mass is 9.76. The zero-order valence-electron chi connectivity index (χ0n) is 12.9. The lowest BCUT2D eigenvalue weighted by Gasteiger charge is -2.38. The lowest BCUT2D eigenvalue weighted by Crippen LogP contribution is -2.54. The molecule has 0 radical (unpaired) electrons. The summed E-state index contributed by atoms with van der Waals surface area (Å²) < 4.78 is 5.08. The van der Waals surface area contributed by atoms with Crippen molar-refractivity contribution in [3.63, 3.8) is 0 Å². The summed E-state index contributed by atoms with van der Waals surface area (Å²) in [5.41, 5.74) is 0.815. The molecule has 1 unspecified atom stereocenters. The minimum absolute atomic E-state index is 0.128. The molecule has 0 aromatic heterocycles. The Morgan fingerprint density at radius 3 is 2.38 bits per heavy atom. The van der Waals surface area contributed by atoms with Crippen LogP contribution in [-0.2, 0) is 4.79 Å². The number of Topliss-reactive ketones (excluding diaryl/α,β-unsaturated/α-hetero) is 1. The van der Waals surface area contributed by atoms with Crippen molar-refractivity contribution in [1.82, 2.24) is 5.32 Å².